The molecule has 0 aromatic carbocycles. The molecular weight excluding hydrogens is 347 g/mol. The van der Waals surface area contributed by atoms with Gasteiger partial charge in [-0.15, -0.1) is 0 Å². The summed E-state index contributed by atoms with van der Waals surface area (Å²) in [7, 11) is 0. The fraction of sp³-hybridized carbons (Fsp3) is 0.783. The molecule has 0 heterocycles. The summed E-state index contributed by atoms with van der Waals surface area (Å²) < 4.78 is 39.7. The van der Waals surface area contributed by atoms with Crippen LogP contribution in [0.3, 0.4) is 0 Å². The minimum absolute atomic E-state index is 0.0503. The van der Waals surface area contributed by atoms with Crippen LogP contribution < -0.4 is 0 Å². The van der Waals surface area contributed by atoms with Crippen molar-refractivity contribution >= 4 is 0 Å². The number of nitriles is 1. The molecule has 0 spiro atoms. The molecule has 4 heteroatoms. The maximum Gasteiger partial charge on any atom is 0.409 e. The Hall–Kier alpha value is -1.24. The Morgan fingerprint density at radius 3 is 2.44 bits per heavy atom. The summed E-state index contributed by atoms with van der Waals surface area (Å²) in [5, 5.41) is 9.19. The van der Waals surface area contributed by atoms with Crippen molar-refractivity contribution < 1.29 is 13.2 Å². The second-order valence-electron chi connectivity index (χ2n) is 9.65. The average Bonchev–Trinajstić information content (AvgIpc) is 2.86. The first-order valence-electron chi connectivity index (χ1n) is 10.4. The zero-order chi connectivity index (χ0) is 20.0. The van der Waals surface area contributed by atoms with E-state index in [2.05, 4.69) is 33.8 Å². The number of allylic oxidation sites excluding steroid dienone is 4. The van der Waals surface area contributed by atoms with Crippen molar-refractivity contribution in [1.29, 1.82) is 5.26 Å². The molecule has 0 N–H and O–H groups in total. The topological polar surface area (TPSA) is 23.8 Å². The Balaban J connectivity index is 2.03. The minimum Gasteiger partial charge on any atom is -0.193 e. The van der Waals surface area contributed by atoms with Gasteiger partial charge in [0.2, 0.25) is 0 Å². The Morgan fingerprint density at radius 1 is 1.19 bits per heavy atom. The van der Waals surface area contributed by atoms with Crippen LogP contribution in [0, 0.1) is 45.8 Å². The van der Waals surface area contributed by atoms with Crippen LogP contribution in [0.15, 0.2) is 23.3 Å². The maximum atomic E-state index is 13.2. The van der Waals surface area contributed by atoms with Crippen molar-refractivity contribution in [3.05, 3.63) is 23.3 Å². The molecule has 3 saturated carbocycles. The number of fused-ring (bicyclic) bond motifs is 3. The summed E-state index contributed by atoms with van der Waals surface area (Å²) in [4.78, 5) is 0. The Labute approximate surface area is 161 Å². The first-order chi connectivity index (χ1) is 12.6. The molecule has 0 saturated heterocycles. The molecule has 3 aliphatic rings. The molecule has 1 nitrogen and oxygen atoms in total. The van der Waals surface area contributed by atoms with Gasteiger partial charge in [0.1, 0.15) is 0 Å². The Bertz CT molecular complexity index is 683. The van der Waals surface area contributed by atoms with Gasteiger partial charge in [0.05, 0.1) is 6.07 Å². The van der Waals surface area contributed by atoms with Gasteiger partial charge in [-0.1, -0.05) is 45.3 Å². The summed E-state index contributed by atoms with van der Waals surface area (Å²) in [5.41, 5.74) is 1.58. The third kappa shape index (κ3) is 3.36. The zero-order valence-electron chi connectivity index (χ0n) is 17.0. The standard InChI is InChI=1S/C23H32F3N/c1-5-11-21(3)17(14-23(24,25)26)6-8-18-19-9-7-16(10-12-27)22(19,4)13-15(2)20(18)21/h10,14-15,18-20H,5-9,11,13H2,1-4H3/b16-10-,17-14-/t15-,18?,19?,20?,21?,22?/m0/s1. The van der Waals surface area contributed by atoms with Gasteiger partial charge in [0, 0.05) is 12.2 Å². The molecule has 150 valence electrons. The van der Waals surface area contributed by atoms with E-state index in [1.807, 2.05) is 0 Å². The molecular formula is C23H32F3N. The summed E-state index contributed by atoms with van der Waals surface area (Å²) in [6, 6.07) is 2.23. The number of rotatable bonds is 2. The monoisotopic (exact) mass is 379 g/mol. The van der Waals surface area contributed by atoms with E-state index in [1.54, 1.807) is 6.08 Å². The van der Waals surface area contributed by atoms with E-state index in [9.17, 15) is 18.4 Å². The highest BCUT2D eigenvalue weighted by atomic mass is 19.4. The van der Waals surface area contributed by atoms with Crippen molar-refractivity contribution in [2.75, 3.05) is 0 Å². The average molecular weight is 380 g/mol. The van der Waals surface area contributed by atoms with Gasteiger partial charge in [-0.25, -0.2) is 0 Å². The molecule has 3 rings (SSSR count). The molecule has 3 aliphatic carbocycles. The molecule has 0 radical (unpaired) electrons. The first kappa shape index (κ1) is 20.5. The lowest BCUT2D eigenvalue weighted by molar-refractivity contribution is -0.0886. The van der Waals surface area contributed by atoms with E-state index in [-0.39, 0.29) is 10.8 Å². The highest BCUT2D eigenvalue weighted by molar-refractivity contribution is 5.31. The van der Waals surface area contributed by atoms with Crippen LogP contribution in [-0.4, -0.2) is 6.18 Å². The zero-order valence-corrected chi connectivity index (χ0v) is 17.0. The van der Waals surface area contributed by atoms with Gasteiger partial charge in [-0.2, -0.15) is 18.4 Å². The summed E-state index contributed by atoms with van der Waals surface area (Å²) in [5.74, 6) is 1.64. The van der Waals surface area contributed by atoms with Crippen molar-refractivity contribution in [2.45, 2.75) is 78.8 Å². The molecule has 0 bridgehead atoms. The lowest BCUT2D eigenvalue weighted by Gasteiger charge is -2.59. The number of alkyl halides is 3. The smallest absolute Gasteiger partial charge is 0.193 e. The van der Waals surface area contributed by atoms with Crippen LogP contribution in [0.4, 0.5) is 13.2 Å². The third-order valence-electron chi connectivity index (χ3n) is 8.18. The lowest BCUT2D eigenvalue weighted by atomic mass is 9.45. The van der Waals surface area contributed by atoms with E-state index < -0.39 is 6.18 Å². The third-order valence-corrected chi connectivity index (χ3v) is 8.18. The molecule has 0 aliphatic heterocycles. The van der Waals surface area contributed by atoms with Gasteiger partial charge < -0.3 is 0 Å². The van der Waals surface area contributed by atoms with Crippen molar-refractivity contribution in [3.8, 4) is 6.07 Å². The van der Waals surface area contributed by atoms with Gasteiger partial charge in [-0.3, -0.25) is 0 Å². The van der Waals surface area contributed by atoms with Crippen molar-refractivity contribution in [2.24, 2.45) is 34.5 Å². The number of hydrogen-bond acceptors (Lipinski definition) is 1. The lowest BCUT2D eigenvalue weighted by Crippen LogP contribution is -2.52. The fourth-order valence-corrected chi connectivity index (χ4v) is 7.49. The molecule has 5 unspecified atom stereocenters. The number of halogens is 3. The van der Waals surface area contributed by atoms with Gasteiger partial charge in [0.25, 0.3) is 0 Å². The number of hydrogen-bond donors (Lipinski definition) is 0. The van der Waals surface area contributed by atoms with Crippen molar-refractivity contribution in [3.63, 3.8) is 0 Å². The quantitative estimate of drug-likeness (QED) is 0.367. The van der Waals surface area contributed by atoms with E-state index in [0.29, 0.717) is 41.7 Å². The fourth-order valence-electron chi connectivity index (χ4n) is 7.49. The SMILES string of the molecule is CCCC1(C)/C(=C\C(F)(F)F)CCC2C3CC/C(=C/C#N)C3(C)C[C@H](C)C21. The van der Waals surface area contributed by atoms with Gasteiger partial charge in [0.15, 0.2) is 0 Å². The molecule has 6 atom stereocenters. The van der Waals surface area contributed by atoms with Crippen LogP contribution in [0.5, 0.6) is 0 Å². The van der Waals surface area contributed by atoms with E-state index in [4.69, 9.17) is 0 Å². The summed E-state index contributed by atoms with van der Waals surface area (Å²) in [6.45, 7) is 8.73. The normalized spacial score (nSPS) is 44.8. The van der Waals surface area contributed by atoms with Gasteiger partial charge in [-0.05, 0) is 73.0 Å². The molecule has 0 aromatic heterocycles. The first-order valence-corrected chi connectivity index (χ1v) is 10.4. The van der Waals surface area contributed by atoms with E-state index in [1.165, 1.54) is 5.57 Å². The van der Waals surface area contributed by atoms with Crippen molar-refractivity contribution in [1.82, 2.24) is 0 Å². The van der Waals surface area contributed by atoms with Crippen LogP contribution in [0.1, 0.15) is 72.6 Å². The largest absolute Gasteiger partial charge is 0.409 e. The number of nitrogens with zero attached hydrogens (tertiary/aromatic N) is 1. The summed E-state index contributed by atoms with van der Waals surface area (Å²) >= 11 is 0. The Kier molecular flexibility index (Phi) is 5.30. The van der Waals surface area contributed by atoms with E-state index in [0.717, 1.165) is 38.5 Å². The van der Waals surface area contributed by atoms with E-state index >= 15 is 0 Å². The highest BCUT2D eigenvalue weighted by Gasteiger charge is 2.59. The predicted molar refractivity (Wildman–Crippen MR) is 102 cm³/mol. The maximum absolute atomic E-state index is 13.2. The predicted octanol–water partition coefficient (Wildman–Crippen LogP) is 7.21. The minimum atomic E-state index is -4.24. The highest BCUT2D eigenvalue weighted by Crippen LogP contribution is 2.67. The second kappa shape index (κ2) is 6.98. The molecule has 3 fully saturated rings. The summed E-state index contributed by atoms with van der Waals surface area (Å²) in [6.07, 6.45) is 4.33. The molecule has 0 amide bonds. The molecule has 27 heavy (non-hydrogen) atoms. The van der Waals surface area contributed by atoms with Crippen LogP contribution >= 0.6 is 0 Å². The Morgan fingerprint density at radius 2 is 1.85 bits per heavy atom. The van der Waals surface area contributed by atoms with Gasteiger partial charge >= 0.3 is 6.18 Å². The second-order valence-corrected chi connectivity index (χ2v) is 9.65. The van der Waals surface area contributed by atoms with Crippen LogP contribution in [-0.2, 0) is 0 Å². The van der Waals surface area contributed by atoms with Crippen LogP contribution in [0.2, 0.25) is 0 Å². The molecule has 0 aromatic rings. The van der Waals surface area contributed by atoms with Crippen LogP contribution in [0.25, 0.3) is 0 Å².